The summed E-state index contributed by atoms with van der Waals surface area (Å²) in [6, 6.07) is 40.7. The highest BCUT2D eigenvalue weighted by atomic mass is 28.4. The summed E-state index contributed by atoms with van der Waals surface area (Å²) in [6.45, 7) is 12.9. The van der Waals surface area contributed by atoms with Crippen LogP contribution in [0.25, 0.3) is 11.2 Å². The lowest BCUT2D eigenvalue weighted by molar-refractivity contribution is -0.0538. The Morgan fingerprint density at radius 1 is 0.796 bits per heavy atom. The van der Waals surface area contributed by atoms with E-state index in [2.05, 4.69) is 105 Å². The molecule has 0 spiro atoms. The number of aliphatic hydroxyl groups excluding tert-OH is 1. The molecule has 1 saturated heterocycles. The van der Waals surface area contributed by atoms with Crippen LogP contribution in [0.1, 0.15) is 47.8 Å². The van der Waals surface area contributed by atoms with Crippen molar-refractivity contribution in [1.29, 1.82) is 0 Å². The number of nitrogens with zero attached hydrogens (tertiary/aromatic N) is 3. The number of aromatic amines is 1. The fraction of sp³-hybridized carbons (Fsp3) is 0.310. The van der Waals surface area contributed by atoms with Crippen LogP contribution in [-0.4, -0.2) is 70.2 Å². The Balaban J connectivity index is 1.50. The molecule has 12 heteroatoms. The standard InChI is InChI=1S/C42H49N5O5Si2/c1-40(2,3)53(29-19-11-7-12-20-29,30-21-13-8-14-22-30)42(50)33(52-38(35(42)48)47-28-44-34-36(47)45-39(43)46-37(34)49)27-51-54(41(4,5)6,31-23-15-9-16-24-31)32-25-17-10-18-26-32/h7-26,28,33,35,38,48,50H,27H2,1-6H3,(H3,43,45,46,49)/t33-,35+,38-,42+/m1/s1. The fourth-order valence-electron chi connectivity index (χ4n) is 9.17. The van der Waals surface area contributed by atoms with Gasteiger partial charge in [0.05, 0.1) is 12.9 Å². The Morgan fingerprint density at radius 3 is 1.70 bits per heavy atom. The number of fused-ring (bicyclic) bond motifs is 1. The van der Waals surface area contributed by atoms with Crippen LogP contribution in [0.4, 0.5) is 5.95 Å². The van der Waals surface area contributed by atoms with Crippen molar-refractivity contribution in [3.63, 3.8) is 0 Å². The summed E-state index contributed by atoms with van der Waals surface area (Å²) in [5, 5.41) is 28.3. The zero-order chi connectivity index (χ0) is 38.5. The molecule has 5 N–H and O–H groups in total. The van der Waals surface area contributed by atoms with Crippen LogP contribution in [0, 0.1) is 0 Å². The summed E-state index contributed by atoms with van der Waals surface area (Å²) in [5.41, 5.74) is 5.69. The van der Waals surface area contributed by atoms with Gasteiger partial charge in [-0.2, -0.15) is 4.98 Å². The van der Waals surface area contributed by atoms with E-state index in [9.17, 15) is 15.0 Å². The minimum absolute atomic E-state index is 0.0426. The molecule has 10 nitrogen and oxygen atoms in total. The molecule has 54 heavy (non-hydrogen) atoms. The first-order chi connectivity index (χ1) is 25.7. The maximum absolute atomic E-state index is 14.1. The van der Waals surface area contributed by atoms with Crippen molar-refractivity contribution in [3.8, 4) is 0 Å². The average Bonchev–Trinajstić information content (AvgIpc) is 3.67. The number of nitrogens with one attached hydrogen (secondary N) is 1. The van der Waals surface area contributed by atoms with Crippen LogP contribution in [0.3, 0.4) is 0 Å². The van der Waals surface area contributed by atoms with Crippen molar-refractivity contribution in [2.45, 2.75) is 75.3 Å². The highest BCUT2D eigenvalue weighted by molar-refractivity contribution is 7.06. The third-order valence-electron chi connectivity index (χ3n) is 11.2. The number of benzene rings is 4. The summed E-state index contributed by atoms with van der Waals surface area (Å²) in [6.07, 6.45) is -2.39. The van der Waals surface area contributed by atoms with Crippen LogP contribution in [-0.2, 0) is 9.16 Å². The third-order valence-corrected chi connectivity index (χ3v) is 22.7. The van der Waals surface area contributed by atoms with E-state index in [4.69, 9.17) is 14.9 Å². The molecule has 2 aromatic heterocycles. The topological polar surface area (TPSA) is 149 Å². The fourth-order valence-corrected chi connectivity index (χ4v) is 20.5. The van der Waals surface area contributed by atoms with E-state index in [-0.39, 0.29) is 28.8 Å². The lowest BCUT2D eigenvalue weighted by atomic mass is 10.1. The van der Waals surface area contributed by atoms with Gasteiger partial charge >= 0.3 is 0 Å². The Hall–Kier alpha value is -4.70. The molecule has 7 rings (SSSR count). The smallest absolute Gasteiger partial charge is 0.280 e. The second kappa shape index (κ2) is 13.9. The Bertz CT molecular complexity index is 2200. The van der Waals surface area contributed by atoms with Gasteiger partial charge in [-0.1, -0.05) is 173 Å². The van der Waals surface area contributed by atoms with Crippen LogP contribution in [0.15, 0.2) is 132 Å². The molecule has 3 heterocycles. The normalized spacial score (nSPS) is 21.1. The highest BCUT2D eigenvalue weighted by Crippen LogP contribution is 2.52. The van der Waals surface area contributed by atoms with E-state index in [1.165, 1.54) is 10.9 Å². The first-order valence-corrected chi connectivity index (χ1v) is 22.2. The quantitative estimate of drug-likeness (QED) is 0.163. The van der Waals surface area contributed by atoms with Crippen LogP contribution >= 0.6 is 0 Å². The van der Waals surface area contributed by atoms with Gasteiger partial charge in [-0.15, -0.1) is 0 Å². The van der Waals surface area contributed by atoms with E-state index in [1.807, 2.05) is 72.8 Å². The lowest BCUT2D eigenvalue weighted by Gasteiger charge is -2.55. The maximum Gasteiger partial charge on any atom is 0.280 e. The summed E-state index contributed by atoms with van der Waals surface area (Å²) in [4.78, 5) is 24.2. The molecule has 0 radical (unpaired) electrons. The van der Waals surface area contributed by atoms with Gasteiger partial charge in [-0.3, -0.25) is 14.3 Å². The molecule has 6 aromatic rings. The van der Waals surface area contributed by atoms with E-state index in [0.29, 0.717) is 0 Å². The third kappa shape index (κ3) is 5.71. The zero-order valence-electron chi connectivity index (χ0n) is 31.6. The van der Waals surface area contributed by atoms with Gasteiger partial charge < -0.3 is 25.1 Å². The number of hydrogen-bond acceptors (Lipinski definition) is 8. The molecule has 1 aliphatic heterocycles. The van der Waals surface area contributed by atoms with E-state index in [0.717, 1.165) is 20.7 Å². The van der Waals surface area contributed by atoms with Crippen molar-refractivity contribution >= 4 is 54.3 Å². The SMILES string of the molecule is CC(C)(C)[Si](OC[C@H]1O[C@@H](n2cnc3c(=O)[nH]c(N)nc32)[C@H](O)[C@@]1(O)[Si](c1ccccc1)(c1ccccc1)C(C)(C)C)(c1ccccc1)c1ccccc1. The number of aromatic nitrogens is 4. The lowest BCUT2D eigenvalue weighted by Crippen LogP contribution is -2.83. The molecule has 1 aliphatic rings. The monoisotopic (exact) mass is 759 g/mol. The number of anilines is 1. The second-order valence-corrected chi connectivity index (χ2v) is 25.5. The van der Waals surface area contributed by atoms with Crippen molar-refractivity contribution in [3.05, 3.63) is 138 Å². The van der Waals surface area contributed by atoms with Crippen LogP contribution < -0.4 is 32.0 Å². The van der Waals surface area contributed by atoms with E-state index >= 15 is 0 Å². The molecule has 1 fully saturated rings. The molecule has 0 unspecified atom stereocenters. The molecule has 4 aromatic carbocycles. The first kappa shape index (κ1) is 37.6. The minimum atomic E-state index is -3.64. The van der Waals surface area contributed by atoms with E-state index < -0.39 is 50.6 Å². The van der Waals surface area contributed by atoms with Gasteiger partial charge in [0.1, 0.15) is 17.4 Å². The number of H-pyrrole nitrogens is 1. The number of rotatable bonds is 9. The zero-order valence-corrected chi connectivity index (χ0v) is 33.6. The maximum atomic E-state index is 14.1. The van der Waals surface area contributed by atoms with Gasteiger partial charge in [-0.05, 0) is 20.4 Å². The van der Waals surface area contributed by atoms with Gasteiger partial charge in [0.25, 0.3) is 13.9 Å². The number of nitrogen functional groups attached to an aromatic ring is 1. The van der Waals surface area contributed by atoms with Crippen molar-refractivity contribution in [2.75, 3.05) is 12.3 Å². The van der Waals surface area contributed by atoms with Gasteiger partial charge in [0.15, 0.2) is 25.5 Å². The Morgan fingerprint density at radius 2 is 1.26 bits per heavy atom. The summed E-state index contributed by atoms with van der Waals surface area (Å²) in [5.74, 6) is -0.101. The number of aliphatic hydroxyl groups is 2. The second-order valence-electron chi connectivity index (χ2n) is 16.3. The molecule has 0 bridgehead atoms. The summed E-state index contributed by atoms with van der Waals surface area (Å²) in [7, 11) is -6.80. The molecule has 4 atom stereocenters. The predicted octanol–water partition coefficient (Wildman–Crippen LogP) is 3.87. The highest BCUT2D eigenvalue weighted by Gasteiger charge is 2.72. The van der Waals surface area contributed by atoms with Crippen LogP contribution in [0.2, 0.25) is 10.1 Å². The Kier molecular flexibility index (Phi) is 9.66. The molecule has 280 valence electrons. The summed E-state index contributed by atoms with van der Waals surface area (Å²) < 4.78 is 16.0. The minimum Gasteiger partial charge on any atom is -0.405 e. The number of ether oxygens (including phenoxy) is 1. The largest absolute Gasteiger partial charge is 0.405 e. The number of hydrogen-bond donors (Lipinski definition) is 4. The number of nitrogens with two attached hydrogens (primary N) is 1. The average molecular weight is 760 g/mol. The van der Waals surface area contributed by atoms with Gasteiger partial charge in [0.2, 0.25) is 5.95 Å². The van der Waals surface area contributed by atoms with Crippen molar-refractivity contribution in [1.82, 2.24) is 19.5 Å². The van der Waals surface area contributed by atoms with Gasteiger partial charge in [0, 0.05) is 0 Å². The molecule has 0 saturated carbocycles. The van der Waals surface area contributed by atoms with Gasteiger partial charge in [-0.25, -0.2) is 4.98 Å². The summed E-state index contributed by atoms with van der Waals surface area (Å²) >= 11 is 0. The Labute approximate surface area is 317 Å². The molecular formula is C42H49N5O5Si2. The molecular weight excluding hydrogens is 711 g/mol. The predicted molar refractivity (Wildman–Crippen MR) is 219 cm³/mol. The number of imidazole rings is 1. The van der Waals surface area contributed by atoms with Crippen LogP contribution in [0.5, 0.6) is 0 Å². The van der Waals surface area contributed by atoms with Crippen molar-refractivity contribution in [2.24, 2.45) is 0 Å². The first-order valence-electron chi connectivity index (χ1n) is 18.3. The van der Waals surface area contributed by atoms with E-state index in [1.54, 1.807) is 0 Å². The molecule has 0 amide bonds. The molecule has 0 aliphatic carbocycles. The van der Waals surface area contributed by atoms with Crippen molar-refractivity contribution < 1.29 is 19.4 Å².